The van der Waals surface area contributed by atoms with Gasteiger partial charge in [-0.05, 0) is 46.9 Å². The number of hydrogen-bond acceptors (Lipinski definition) is 4. The SMILES string of the molecule is CCNC(c1ccc(OC)c(Br)c1OC)C1OCCC1C. The molecule has 1 aliphatic rings. The van der Waals surface area contributed by atoms with Crippen molar-refractivity contribution < 1.29 is 14.2 Å². The first-order valence-electron chi connectivity index (χ1n) is 7.39. The summed E-state index contributed by atoms with van der Waals surface area (Å²) in [7, 11) is 3.34. The van der Waals surface area contributed by atoms with Crippen LogP contribution in [0.3, 0.4) is 0 Å². The molecule has 2 rings (SSSR count). The van der Waals surface area contributed by atoms with Crippen LogP contribution in [-0.2, 0) is 4.74 Å². The predicted octanol–water partition coefficient (Wildman–Crippen LogP) is 3.54. The average Bonchev–Trinajstić information content (AvgIpc) is 2.90. The number of methoxy groups -OCH3 is 2. The van der Waals surface area contributed by atoms with Gasteiger partial charge in [0.05, 0.1) is 26.4 Å². The summed E-state index contributed by atoms with van der Waals surface area (Å²) < 4.78 is 17.8. The molecule has 0 amide bonds. The molecule has 3 atom stereocenters. The van der Waals surface area contributed by atoms with Crippen molar-refractivity contribution in [2.45, 2.75) is 32.4 Å². The van der Waals surface area contributed by atoms with Crippen LogP contribution in [0, 0.1) is 5.92 Å². The molecule has 1 fully saturated rings. The molecule has 0 saturated carbocycles. The van der Waals surface area contributed by atoms with E-state index in [0.29, 0.717) is 5.92 Å². The fourth-order valence-corrected chi connectivity index (χ4v) is 3.61. The number of likely N-dealkylation sites (N-methyl/N-ethyl adjacent to an activating group) is 1. The largest absolute Gasteiger partial charge is 0.495 e. The van der Waals surface area contributed by atoms with E-state index in [1.54, 1.807) is 14.2 Å². The molecule has 1 N–H and O–H groups in total. The van der Waals surface area contributed by atoms with Gasteiger partial charge in [0.25, 0.3) is 0 Å². The summed E-state index contributed by atoms with van der Waals surface area (Å²) in [5, 5.41) is 3.54. The lowest BCUT2D eigenvalue weighted by molar-refractivity contribution is 0.0604. The lowest BCUT2D eigenvalue weighted by atomic mass is 9.91. The van der Waals surface area contributed by atoms with Crippen LogP contribution >= 0.6 is 15.9 Å². The van der Waals surface area contributed by atoms with Gasteiger partial charge < -0.3 is 19.5 Å². The molecule has 0 bridgehead atoms. The number of rotatable bonds is 6. The van der Waals surface area contributed by atoms with Crippen LogP contribution in [0.5, 0.6) is 11.5 Å². The molecule has 4 nitrogen and oxygen atoms in total. The Hall–Kier alpha value is -0.780. The molecule has 0 spiro atoms. The molecule has 1 aliphatic heterocycles. The second-order valence-corrected chi connectivity index (χ2v) is 6.13. The van der Waals surface area contributed by atoms with E-state index in [0.717, 1.165) is 41.1 Å². The highest BCUT2D eigenvalue weighted by Crippen LogP contribution is 2.42. The highest BCUT2D eigenvalue weighted by atomic mass is 79.9. The van der Waals surface area contributed by atoms with Gasteiger partial charge in [0.1, 0.15) is 16.0 Å². The molecule has 3 unspecified atom stereocenters. The van der Waals surface area contributed by atoms with Gasteiger partial charge in [0, 0.05) is 12.2 Å². The molecule has 21 heavy (non-hydrogen) atoms. The summed E-state index contributed by atoms with van der Waals surface area (Å²) in [5.74, 6) is 2.11. The van der Waals surface area contributed by atoms with Crippen molar-refractivity contribution >= 4 is 15.9 Å². The van der Waals surface area contributed by atoms with Crippen LogP contribution in [-0.4, -0.2) is 33.5 Å². The molecular formula is C16H24BrNO3. The van der Waals surface area contributed by atoms with Crippen molar-refractivity contribution in [2.24, 2.45) is 5.92 Å². The van der Waals surface area contributed by atoms with Crippen molar-refractivity contribution in [2.75, 3.05) is 27.4 Å². The van der Waals surface area contributed by atoms with E-state index >= 15 is 0 Å². The van der Waals surface area contributed by atoms with E-state index in [2.05, 4.69) is 41.2 Å². The van der Waals surface area contributed by atoms with Gasteiger partial charge in [-0.1, -0.05) is 13.8 Å². The molecular weight excluding hydrogens is 334 g/mol. The second kappa shape index (κ2) is 7.47. The third-order valence-corrected chi connectivity index (χ3v) is 4.80. The Bertz CT molecular complexity index is 481. The molecule has 1 saturated heterocycles. The zero-order chi connectivity index (χ0) is 15.4. The summed E-state index contributed by atoms with van der Waals surface area (Å²) in [6.45, 7) is 6.06. The summed E-state index contributed by atoms with van der Waals surface area (Å²) in [5.41, 5.74) is 1.10. The molecule has 5 heteroatoms. The van der Waals surface area contributed by atoms with Gasteiger partial charge >= 0.3 is 0 Å². The first-order chi connectivity index (χ1) is 10.1. The van der Waals surface area contributed by atoms with E-state index in [1.807, 2.05) is 6.07 Å². The molecule has 1 aromatic rings. The standard InChI is InChI=1S/C16H24BrNO3/c1-5-18-14(15-10(2)8-9-21-15)11-6-7-12(19-3)13(17)16(11)20-4/h6-7,10,14-15,18H,5,8-9H2,1-4H3. The van der Waals surface area contributed by atoms with E-state index in [-0.39, 0.29) is 12.1 Å². The van der Waals surface area contributed by atoms with E-state index in [9.17, 15) is 0 Å². The molecule has 0 radical (unpaired) electrons. The van der Waals surface area contributed by atoms with Crippen LogP contribution in [0.1, 0.15) is 31.9 Å². The van der Waals surface area contributed by atoms with Gasteiger partial charge in [-0.15, -0.1) is 0 Å². The normalized spacial score (nSPS) is 23.1. The Morgan fingerprint density at radius 2 is 2.14 bits per heavy atom. The van der Waals surface area contributed by atoms with Crippen molar-refractivity contribution in [1.29, 1.82) is 0 Å². The van der Waals surface area contributed by atoms with E-state index in [1.165, 1.54) is 0 Å². The third kappa shape index (κ3) is 3.35. The number of nitrogens with one attached hydrogen (secondary N) is 1. The molecule has 0 aromatic heterocycles. The van der Waals surface area contributed by atoms with Crippen LogP contribution < -0.4 is 14.8 Å². The summed E-state index contributed by atoms with van der Waals surface area (Å²) in [6.07, 6.45) is 1.27. The Morgan fingerprint density at radius 3 is 2.67 bits per heavy atom. The van der Waals surface area contributed by atoms with Crippen molar-refractivity contribution in [3.8, 4) is 11.5 Å². The minimum absolute atomic E-state index is 0.115. The lowest BCUT2D eigenvalue weighted by Crippen LogP contribution is -2.35. The highest BCUT2D eigenvalue weighted by molar-refractivity contribution is 9.10. The summed E-state index contributed by atoms with van der Waals surface area (Å²) in [6, 6.07) is 4.14. The Balaban J connectivity index is 2.42. The molecule has 1 heterocycles. The Kier molecular flexibility index (Phi) is 5.90. The van der Waals surface area contributed by atoms with Crippen LogP contribution in [0.25, 0.3) is 0 Å². The molecule has 1 aromatic carbocycles. The number of halogens is 1. The maximum Gasteiger partial charge on any atom is 0.141 e. The highest BCUT2D eigenvalue weighted by Gasteiger charge is 2.34. The van der Waals surface area contributed by atoms with Gasteiger partial charge in [-0.3, -0.25) is 0 Å². The third-order valence-electron chi connectivity index (χ3n) is 4.05. The maximum atomic E-state index is 5.97. The average molecular weight is 358 g/mol. The Morgan fingerprint density at radius 1 is 1.38 bits per heavy atom. The van der Waals surface area contributed by atoms with E-state index in [4.69, 9.17) is 14.2 Å². The van der Waals surface area contributed by atoms with Gasteiger partial charge in [-0.2, -0.15) is 0 Å². The smallest absolute Gasteiger partial charge is 0.141 e. The fourth-order valence-electron chi connectivity index (χ4n) is 2.93. The summed E-state index contributed by atoms with van der Waals surface area (Å²) >= 11 is 3.58. The minimum atomic E-state index is 0.115. The summed E-state index contributed by atoms with van der Waals surface area (Å²) in [4.78, 5) is 0. The van der Waals surface area contributed by atoms with Crippen molar-refractivity contribution in [3.05, 3.63) is 22.2 Å². The molecule has 0 aliphatic carbocycles. The second-order valence-electron chi connectivity index (χ2n) is 5.34. The fraction of sp³-hybridized carbons (Fsp3) is 0.625. The zero-order valence-corrected chi connectivity index (χ0v) is 14.7. The van der Waals surface area contributed by atoms with Gasteiger partial charge in [0.2, 0.25) is 0 Å². The number of benzene rings is 1. The van der Waals surface area contributed by atoms with E-state index < -0.39 is 0 Å². The van der Waals surface area contributed by atoms with Crippen molar-refractivity contribution in [3.63, 3.8) is 0 Å². The van der Waals surface area contributed by atoms with Crippen molar-refractivity contribution in [1.82, 2.24) is 5.32 Å². The number of hydrogen-bond donors (Lipinski definition) is 1. The predicted molar refractivity (Wildman–Crippen MR) is 87.2 cm³/mol. The minimum Gasteiger partial charge on any atom is -0.495 e. The van der Waals surface area contributed by atoms with Crippen LogP contribution in [0.4, 0.5) is 0 Å². The van der Waals surface area contributed by atoms with Crippen LogP contribution in [0.15, 0.2) is 16.6 Å². The monoisotopic (exact) mass is 357 g/mol. The van der Waals surface area contributed by atoms with Gasteiger partial charge in [0.15, 0.2) is 0 Å². The lowest BCUT2D eigenvalue weighted by Gasteiger charge is -2.29. The number of ether oxygens (including phenoxy) is 3. The zero-order valence-electron chi connectivity index (χ0n) is 13.1. The van der Waals surface area contributed by atoms with Gasteiger partial charge in [-0.25, -0.2) is 0 Å². The first-order valence-corrected chi connectivity index (χ1v) is 8.18. The molecule has 118 valence electrons. The quantitative estimate of drug-likeness (QED) is 0.844. The maximum absolute atomic E-state index is 5.97. The first kappa shape index (κ1) is 16.6. The van der Waals surface area contributed by atoms with Crippen LogP contribution in [0.2, 0.25) is 0 Å². The Labute approximate surface area is 135 Å². The topological polar surface area (TPSA) is 39.7 Å².